The minimum absolute atomic E-state index is 0.0690. The van der Waals surface area contributed by atoms with Gasteiger partial charge in [0.25, 0.3) is 0 Å². The lowest BCUT2D eigenvalue weighted by Crippen LogP contribution is -2.45. The second-order valence-corrected chi connectivity index (χ2v) is 9.74. The van der Waals surface area contributed by atoms with Gasteiger partial charge in [-0.2, -0.15) is 4.72 Å². The zero-order valence-electron chi connectivity index (χ0n) is 19.4. The minimum Gasteiger partial charge on any atom is -0.494 e. The first kappa shape index (κ1) is 24.5. The highest BCUT2D eigenvalue weighted by Crippen LogP contribution is 2.23. The molecule has 0 bridgehead atoms. The van der Waals surface area contributed by atoms with Gasteiger partial charge >= 0.3 is 0 Å². The molecule has 33 heavy (non-hydrogen) atoms. The van der Waals surface area contributed by atoms with E-state index >= 15 is 0 Å². The van der Waals surface area contributed by atoms with Gasteiger partial charge in [0, 0.05) is 5.69 Å². The van der Waals surface area contributed by atoms with Gasteiger partial charge in [-0.25, -0.2) is 8.42 Å². The zero-order chi connectivity index (χ0) is 24.0. The van der Waals surface area contributed by atoms with Gasteiger partial charge in [-0.3, -0.25) is 4.79 Å². The summed E-state index contributed by atoms with van der Waals surface area (Å²) in [5, 5.41) is 2.94. The van der Waals surface area contributed by atoms with Crippen LogP contribution in [-0.2, 0) is 21.2 Å². The summed E-state index contributed by atoms with van der Waals surface area (Å²) in [6, 6.07) is 18.5. The minimum atomic E-state index is -3.94. The number of anilines is 1. The van der Waals surface area contributed by atoms with Crippen LogP contribution in [0.2, 0.25) is 0 Å². The Labute approximate surface area is 196 Å². The maximum Gasteiger partial charge on any atom is 0.242 e. The summed E-state index contributed by atoms with van der Waals surface area (Å²) in [5.74, 6) is 0.170. The smallest absolute Gasteiger partial charge is 0.242 e. The third-order valence-corrected chi connectivity index (χ3v) is 6.75. The van der Waals surface area contributed by atoms with E-state index in [1.807, 2.05) is 70.2 Å². The molecular formula is C26H30N2O4S. The predicted octanol–water partition coefficient (Wildman–Crippen LogP) is 4.54. The van der Waals surface area contributed by atoms with E-state index in [1.165, 1.54) is 12.1 Å². The van der Waals surface area contributed by atoms with Crippen molar-refractivity contribution in [2.24, 2.45) is 0 Å². The highest BCUT2D eigenvalue weighted by atomic mass is 32.2. The van der Waals surface area contributed by atoms with Crippen molar-refractivity contribution >= 4 is 21.6 Å². The van der Waals surface area contributed by atoms with Crippen molar-refractivity contribution in [3.8, 4) is 5.75 Å². The summed E-state index contributed by atoms with van der Waals surface area (Å²) < 4.78 is 34.2. The van der Waals surface area contributed by atoms with E-state index in [9.17, 15) is 13.2 Å². The van der Waals surface area contributed by atoms with Crippen LogP contribution >= 0.6 is 0 Å². The normalized spacial score (nSPS) is 12.2. The second-order valence-electron chi connectivity index (χ2n) is 8.03. The molecule has 3 aromatic rings. The number of carbonyl (C=O) groups is 1. The van der Waals surface area contributed by atoms with Crippen LogP contribution in [0.3, 0.4) is 0 Å². The lowest BCUT2D eigenvalue weighted by atomic mass is 10.0. The Kier molecular flexibility index (Phi) is 7.89. The first-order valence-corrected chi connectivity index (χ1v) is 12.4. The van der Waals surface area contributed by atoms with Crippen molar-refractivity contribution in [1.82, 2.24) is 4.72 Å². The van der Waals surface area contributed by atoms with Crippen LogP contribution in [0, 0.1) is 20.8 Å². The predicted molar refractivity (Wildman–Crippen MR) is 131 cm³/mol. The maximum atomic E-state index is 13.3. The monoisotopic (exact) mass is 466 g/mol. The number of ether oxygens (including phenoxy) is 1. The van der Waals surface area contributed by atoms with Crippen molar-refractivity contribution in [2.45, 2.75) is 45.1 Å². The standard InChI is InChI=1S/C26H30N2O4S/c1-5-32-22-11-13-23(14-12-22)33(30,31)28-24(17-21-9-7-6-8-10-21)26(29)27-25-19(3)15-18(2)16-20(25)4/h6-16,24,28H,5,17H2,1-4H3,(H,27,29). The molecule has 0 spiro atoms. The summed E-state index contributed by atoms with van der Waals surface area (Å²) in [4.78, 5) is 13.4. The van der Waals surface area contributed by atoms with Crippen LogP contribution < -0.4 is 14.8 Å². The van der Waals surface area contributed by atoms with Crippen molar-refractivity contribution in [3.63, 3.8) is 0 Å². The van der Waals surface area contributed by atoms with Gasteiger partial charge in [0.05, 0.1) is 11.5 Å². The number of rotatable bonds is 9. The Morgan fingerprint density at radius 2 is 1.55 bits per heavy atom. The van der Waals surface area contributed by atoms with E-state index in [1.54, 1.807) is 12.1 Å². The molecule has 0 aliphatic carbocycles. The van der Waals surface area contributed by atoms with Crippen molar-refractivity contribution in [2.75, 3.05) is 11.9 Å². The molecule has 0 aliphatic heterocycles. The van der Waals surface area contributed by atoms with Gasteiger partial charge in [0.15, 0.2) is 0 Å². The molecule has 0 fully saturated rings. The van der Waals surface area contributed by atoms with Gasteiger partial charge in [0.2, 0.25) is 15.9 Å². The number of sulfonamides is 1. The van der Waals surface area contributed by atoms with Crippen LogP contribution in [0.25, 0.3) is 0 Å². The average Bonchev–Trinajstić information content (AvgIpc) is 2.77. The van der Waals surface area contributed by atoms with Crippen LogP contribution in [-0.4, -0.2) is 27.0 Å². The van der Waals surface area contributed by atoms with E-state index in [0.717, 1.165) is 22.3 Å². The van der Waals surface area contributed by atoms with Crippen LogP contribution in [0.5, 0.6) is 5.75 Å². The molecule has 7 heteroatoms. The van der Waals surface area contributed by atoms with E-state index in [4.69, 9.17) is 4.74 Å². The molecule has 174 valence electrons. The summed E-state index contributed by atoms with van der Waals surface area (Å²) in [6.07, 6.45) is 0.215. The van der Waals surface area contributed by atoms with Gasteiger partial charge in [-0.1, -0.05) is 48.0 Å². The molecule has 3 aromatic carbocycles. The van der Waals surface area contributed by atoms with Gasteiger partial charge < -0.3 is 10.1 Å². The number of benzene rings is 3. The van der Waals surface area contributed by atoms with Crippen molar-refractivity contribution in [1.29, 1.82) is 0 Å². The Morgan fingerprint density at radius 3 is 2.12 bits per heavy atom. The van der Waals surface area contributed by atoms with Crippen LogP contribution in [0.1, 0.15) is 29.2 Å². The molecule has 6 nitrogen and oxygen atoms in total. The largest absolute Gasteiger partial charge is 0.494 e. The first-order chi connectivity index (χ1) is 15.7. The zero-order valence-corrected chi connectivity index (χ0v) is 20.2. The summed E-state index contributed by atoms with van der Waals surface area (Å²) in [6.45, 7) is 8.19. The number of aryl methyl sites for hydroxylation is 3. The Balaban J connectivity index is 1.88. The summed E-state index contributed by atoms with van der Waals surface area (Å²) >= 11 is 0. The highest BCUT2D eigenvalue weighted by molar-refractivity contribution is 7.89. The maximum absolute atomic E-state index is 13.3. The van der Waals surface area contributed by atoms with Gasteiger partial charge in [0.1, 0.15) is 11.8 Å². The third-order valence-electron chi connectivity index (χ3n) is 5.27. The molecular weight excluding hydrogens is 436 g/mol. The number of hydrogen-bond donors (Lipinski definition) is 2. The lowest BCUT2D eigenvalue weighted by molar-refractivity contribution is -0.117. The van der Waals surface area contributed by atoms with Gasteiger partial charge in [-0.05, 0) is 75.1 Å². The van der Waals surface area contributed by atoms with E-state index < -0.39 is 22.0 Å². The molecule has 2 N–H and O–H groups in total. The van der Waals surface area contributed by atoms with Crippen molar-refractivity contribution in [3.05, 3.63) is 89.0 Å². The van der Waals surface area contributed by atoms with Crippen LogP contribution in [0.4, 0.5) is 5.69 Å². The van der Waals surface area contributed by atoms with E-state index in [2.05, 4.69) is 10.0 Å². The summed E-state index contributed by atoms with van der Waals surface area (Å²) in [5.41, 5.74) is 4.50. The fourth-order valence-corrected chi connectivity index (χ4v) is 4.96. The molecule has 0 saturated heterocycles. The number of carbonyl (C=O) groups excluding carboxylic acids is 1. The van der Waals surface area contributed by atoms with Crippen LogP contribution in [0.15, 0.2) is 71.6 Å². The fourth-order valence-electron chi connectivity index (χ4n) is 3.76. The van der Waals surface area contributed by atoms with E-state index in [0.29, 0.717) is 18.0 Å². The molecule has 0 saturated carbocycles. The number of nitrogens with one attached hydrogen (secondary N) is 2. The molecule has 1 unspecified atom stereocenters. The number of amides is 1. The molecule has 0 heterocycles. The molecule has 0 aromatic heterocycles. The fraction of sp³-hybridized carbons (Fsp3) is 0.269. The summed E-state index contributed by atoms with van der Waals surface area (Å²) in [7, 11) is -3.94. The highest BCUT2D eigenvalue weighted by Gasteiger charge is 2.27. The Bertz CT molecular complexity index is 1180. The lowest BCUT2D eigenvalue weighted by Gasteiger charge is -2.21. The Morgan fingerprint density at radius 1 is 0.939 bits per heavy atom. The average molecular weight is 467 g/mol. The quantitative estimate of drug-likeness (QED) is 0.485. The van der Waals surface area contributed by atoms with E-state index in [-0.39, 0.29) is 11.3 Å². The first-order valence-electron chi connectivity index (χ1n) is 10.9. The van der Waals surface area contributed by atoms with Gasteiger partial charge in [-0.15, -0.1) is 0 Å². The molecule has 0 aliphatic rings. The Hall–Kier alpha value is -3.16. The SMILES string of the molecule is CCOc1ccc(S(=O)(=O)NC(Cc2ccccc2)C(=O)Nc2c(C)cc(C)cc2C)cc1. The van der Waals surface area contributed by atoms with Crippen molar-refractivity contribution < 1.29 is 17.9 Å². The third kappa shape index (κ3) is 6.43. The second kappa shape index (κ2) is 10.6. The molecule has 1 atom stereocenters. The number of hydrogen-bond acceptors (Lipinski definition) is 4. The molecule has 3 rings (SSSR count). The molecule has 1 amide bonds. The topological polar surface area (TPSA) is 84.5 Å². The molecule has 0 radical (unpaired) electrons.